The van der Waals surface area contributed by atoms with Gasteiger partial charge in [-0.1, -0.05) is 31.0 Å². The number of fused-ring (bicyclic) bond motifs is 1. The summed E-state index contributed by atoms with van der Waals surface area (Å²) in [5.41, 5.74) is 2.42. The minimum atomic E-state index is -3.92. The number of sulfonamides is 1. The van der Waals surface area contributed by atoms with E-state index >= 15 is 0 Å². The van der Waals surface area contributed by atoms with Crippen LogP contribution in [-0.2, 0) is 26.2 Å². The first-order valence-electron chi connectivity index (χ1n) is 10.8. The van der Waals surface area contributed by atoms with Crippen LogP contribution in [0, 0.1) is 25.7 Å². The van der Waals surface area contributed by atoms with Crippen LogP contribution < -0.4 is 9.46 Å². The molecule has 2 amide bonds. The van der Waals surface area contributed by atoms with E-state index in [9.17, 15) is 18.0 Å². The van der Waals surface area contributed by atoms with Gasteiger partial charge in [-0.15, -0.1) is 0 Å². The van der Waals surface area contributed by atoms with Crippen LogP contribution in [0.15, 0.2) is 41.3 Å². The summed E-state index contributed by atoms with van der Waals surface area (Å²) < 4.78 is 34.3. The van der Waals surface area contributed by atoms with Crippen LogP contribution >= 0.6 is 0 Å². The van der Waals surface area contributed by atoms with Gasteiger partial charge >= 0.3 is 0 Å². The molecule has 0 aromatic heterocycles. The SMILES string of the molecule is COc1ccc(C)cc1NS(=O)(=O)c1cc(CN2C(=O)[C@H]3CCCC[C@H]3C2=O)ccc1C. The van der Waals surface area contributed by atoms with Gasteiger partial charge in [0.25, 0.3) is 10.0 Å². The number of benzene rings is 2. The smallest absolute Gasteiger partial charge is 0.262 e. The van der Waals surface area contributed by atoms with Crippen molar-refractivity contribution in [2.45, 2.75) is 51.0 Å². The van der Waals surface area contributed by atoms with Crippen molar-refractivity contribution in [2.75, 3.05) is 11.8 Å². The molecule has 2 aliphatic rings. The summed E-state index contributed by atoms with van der Waals surface area (Å²) in [5.74, 6) is -0.288. The van der Waals surface area contributed by atoms with Crippen LogP contribution in [0.2, 0.25) is 0 Å². The summed E-state index contributed by atoms with van der Waals surface area (Å²) in [6.07, 6.45) is 3.44. The Morgan fingerprint density at radius 3 is 2.28 bits per heavy atom. The largest absolute Gasteiger partial charge is 0.495 e. The molecule has 1 N–H and O–H groups in total. The third-order valence-electron chi connectivity index (χ3n) is 6.41. The number of imide groups is 1. The third kappa shape index (κ3) is 4.11. The lowest BCUT2D eigenvalue weighted by atomic mass is 9.81. The molecule has 0 unspecified atom stereocenters. The van der Waals surface area contributed by atoms with Gasteiger partial charge < -0.3 is 4.74 Å². The predicted molar refractivity (Wildman–Crippen MR) is 121 cm³/mol. The number of carbonyl (C=O) groups is 2. The van der Waals surface area contributed by atoms with Crippen molar-refractivity contribution in [1.29, 1.82) is 0 Å². The average molecular weight is 457 g/mol. The minimum absolute atomic E-state index is 0.0846. The number of likely N-dealkylation sites (tertiary alicyclic amines) is 1. The summed E-state index contributed by atoms with van der Waals surface area (Å²) in [6.45, 7) is 3.67. The van der Waals surface area contributed by atoms with Gasteiger partial charge in [0.2, 0.25) is 11.8 Å². The van der Waals surface area contributed by atoms with Gasteiger partial charge in [0.1, 0.15) is 5.75 Å². The zero-order chi connectivity index (χ0) is 23.0. The van der Waals surface area contributed by atoms with Crippen molar-refractivity contribution in [2.24, 2.45) is 11.8 Å². The fraction of sp³-hybridized carbons (Fsp3) is 0.417. The Morgan fingerprint density at radius 1 is 1.00 bits per heavy atom. The Balaban J connectivity index is 1.61. The molecular weight excluding hydrogens is 428 g/mol. The van der Waals surface area contributed by atoms with Crippen LogP contribution in [0.1, 0.15) is 42.4 Å². The Morgan fingerprint density at radius 2 is 1.66 bits per heavy atom. The van der Waals surface area contributed by atoms with Crippen LogP contribution in [0.5, 0.6) is 5.75 Å². The number of nitrogens with zero attached hydrogens (tertiary/aromatic N) is 1. The molecule has 2 aromatic rings. The van der Waals surface area contributed by atoms with Crippen LogP contribution in [0.4, 0.5) is 5.69 Å². The molecule has 0 spiro atoms. The van der Waals surface area contributed by atoms with E-state index in [1.165, 1.54) is 12.0 Å². The van der Waals surface area contributed by atoms with Gasteiger partial charge in [-0.25, -0.2) is 8.42 Å². The zero-order valence-corrected chi connectivity index (χ0v) is 19.4. The van der Waals surface area contributed by atoms with E-state index in [0.29, 0.717) is 22.6 Å². The number of nitrogens with one attached hydrogen (secondary N) is 1. The number of hydrogen-bond donors (Lipinski definition) is 1. The maximum Gasteiger partial charge on any atom is 0.262 e. The van der Waals surface area contributed by atoms with Gasteiger partial charge in [-0.05, 0) is 61.6 Å². The molecule has 32 heavy (non-hydrogen) atoms. The van der Waals surface area contributed by atoms with E-state index in [-0.39, 0.29) is 35.1 Å². The molecule has 2 aromatic carbocycles. The van der Waals surface area contributed by atoms with E-state index in [2.05, 4.69) is 4.72 Å². The third-order valence-corrected chi connectivity index (χ3v) is 7.92. The second kappa shape index (κ2) is 8.58. The molecule has 1 aliphatic heterocycles. The van der Waals surface area contributed by atoms with Gasteiger partial charge in [0, 0.05) is 0 Å². The lowest BCUT2D eigenvalue weighted by Crippen LogP contribution is -2.30. The highest BCUT2D eigenvalue weighted by atomic mass is 32.2. The van der Waals surface area contributed by atoms with E-state index in [4.69, 9.17) is 4.74 Å². The average Bonchev–Trinajstić information content (AvgIpc) is 3.00. The highest BCUT2D eigenvalue weighted by molar-refractivity contribution is 7.92. The number of aryl methyl sites for hydroxylation is 2. The molecule has 8 heteroatoms. The minimum Gasteiger partial charge on any atom is -0.495 e. The zero-order valence-electron chi connectivity index (χ0n) is 18.6. The quantitative estimate of drug-likeness (QED) is 0.668. The molecule has 2 atom stereocenters. The molecule has 7 nitrogen and oxygen atoms in total. The van der Waals surface area contributed by atoms with Crippen molar-refractivity contribution in [3.63, 3.8) is 0 Å². The Hall–Kier alpha value is -2.87. The Kier molecular flexibility index (Phi) is 5.99. The predicted octanol–water partition coefficient (Wildman–Crippen LogP) is 3.79. The first-order chi connectivity index (χ1) is 15.2. The van der Waals surface area contributed by atoms with Crippen LogP contribution in [-0.4, -0.2) is 32.2 Å². The summed E-state index contributed by atoms with van der Waals surface area (Å²) >= 11 is 0. The van der Waals surface area contributed by atoms with Crippen molar-refractivity contribution in [1.82, 2.24) is 4.90 Å². The van der Waals surface area contributed by atoms with E-state index < -0.39 is 10.0 Å². The van der Waals surface area contributed by atoms with Crippen LogP contribution in [0.3, 0.4) is 0 Å². The Labute approximate surface area is 188 Å². The van der Waals surface area contributed by atoms with Gasteiger partial charge in [-0.2, -0.15) is 0 Å². The normalized spacial score (nSPS) is 20.9. The van der Waals surface area contributed by atoms with Gasteiger partial charge in [0.05, 0.1) is 36.1 Å². The van der Waals surface area contributed by atoms with E-state index in [1.807, 2.05) is 13.0 Å². The van der Waals surface area contributed by atoms with Crippen molar-refractivity contribution in [3.05, 3.63) is 53.1 Å². The van der Waals surface area contributed by atoms with Gasteiger partial charge in [0.15, 0.2) is 0 Å². The molecule has 4 rings (SSSR count). The number of rotatable bonds is 6. The maximum absolute atomic E-state index is 13.2. The van der Waals surface area contributed by atoms with Gasteiger partial charge in [-0.3, -0.25) is 19.2 Å². The van der Waals surface area contributed by atoms with Crippen molar-refractivity contribution >= 4 is 27.5 Å². The maximum atomic E-state index is 13.2. The monoisotopic (exact) mass is 456 g/mol. The molecule has 1 heterocycles. The second-order valence-corrected chi connectivity index (χ2v) is 10.3. The number of methoxy groups -OCH3 is 1. The lowest BCUT2D eigenvalue weighted by molar-refractivity contribution is -0.140. The number of amides is 2. The summed E-state index contributed by atoms with van der Waals surface area (Å²) in [7, 11) is -2.43. The fourth-order valence-corrected chi connectivity index (χ4v) is 6.06. The first kappa shape index (κ1) is 22.3. The second-order valence-electron chi connectivity index (χ2n) is 8.67. The summed E-state index contributed by atoms with van der Waals surface area (Å²) in [4.78, 5) is 27.0. The first-order valence-corrected chi connectivity index (χ1v) is 12.3. The topological polar surface area (TPSA) is 92.8 Å². The number of ether oxygens (including phenoxy) is 1. The number of hydrogen-bond acceptors (Lipinski definition) is 5. The lowest BCUT2D eigenvalue weighted by Gasteiger charge is -2.19. The van der Waals surface area contributed by atoms with E-state index in [0.717, 1.165) is 31.2 Å². The standard InChI is InChI=1S/C24H28N2O5S/c1-15-8-11-21(31-3)20(12-15)25-32(29,30)22-13-17(10-9-16(22)2)14-26-23(27)18-6-4-5-7-19(18)24(26)28/h8-13,18-19,25H,4-7,14H2,1-3H3/t18-,19+. The summed E-state index contributed by atoms with van der Waals surface area (Å²) in [5, 5.41) is 0. The fourth-order valence-electron chi connectivity index (χ4n) is 4.70. The highest BCUT2D eigenvalue weighted by Gasteiger charge is 2.47. The molecule has 0 bridgehead atoms. The molecule has 1 saturated heterocycles. The van der Waals surface area contributed by atoms with Crippen molar-refractivity contribution < 1.29 is 22.7 Å². The summed E-state index contributed by atoms with van der Waals surface area (Å²) in [6, 6.07) is 10.3. The molecular formula is C24H28N2O5S. The van der Waals surface area contributed by atoms with E-state index in [1.54, 1.807) is 37.3 Å². The molecule has 0 radical (unpaired) electrons. The number of carbonyl (C=O) groups excluding carboxylic acids is 2. The highest BCUT2D eigenvalue weighted by Crippen LogP contribution is 2.39. The Bertz CT molecular complexity index is 1150. The molecule has 170 valence electrons. The van der Waals surface area contributed by atoms with Crippen LogP contribution in [0.25, 0.3) is 0 Å². The molecule has 1 saturated carbocycles. The molecule has 2 fully saturated rings. The van der Waals surface area contributed by atoms with Crippen molar-refractivity contribution in [3.8, 4) is 5.75 Å². The number of anilines is 1. The molecule has 1 aliphatic carbocycles.